The molecule has 0 saturated heterocycles. The van der Waals surface area contributed by atoms with Crippen LogP contribution in [-0.4, -0.2) is 34.7 Å². The van der Waals surface area contributed by atoms with Crippen LogP contribution in [0, 0.1) is 5.82 Å². The molecular formula is C23H21FN2O3. The Bertz CT molecular complexity index is 1030. The highest BCUT2D eigenvalue weighted by Crippen LogP contribution is 2.26. The van der Waals surface area contributed by atoms with Crippen LogP contribution in [0.1, 0.15) is 27.2 Å². The van der Waals surface area contributed by atoms with Crippen molar-refractivity contribution in [3.8, 4) is 0 Å². The zero-order valence-electron chi connectivity index (χ0n) is 16.0. The second kappa shape index (κ2) is 7.91. The van der Waals surface area contributed by atoms with Crippen molar-refractivity contribution in [3.63, 3.8) is 0 Å². The molecule has 29 heavy (non-hydrogen) atoms. The van der Waals surface area contributed by atoms with Gasteiger partial charge in [-0.15, -0.1) is 0 Å². The van der Waals surface area contributed by atoms with Crippen molar-refractivity contribution in [2.45, 2.75) is 25.6 Å². The number of benzene rings is 2. The minimum Gasteiger partial charge on any atom is -0.459 e. The van der Waals surface area contributed by atoms with Crippen LogP contribution >= 0.6 is 0 Å². The lowest BCUT2D eigenvalue weighted by molar-refractivity contribution is -0.135. The van der Waals surface area contributed by atoms with E-state index >= 15 is 0 Å². The molecule has 0 saturated carbocycles. The lowest BCUT2D eigenvalue weighted by Crippen LogP contribution is -2.52. The van der Waals surface area contributed by atoms with Gasteiger partial charge in [0, 0.05) is 26.6 Å². The van der Waals surface area contributed by atoms with Gasteiger partial charge in [-0.3, -0.25) is 9.59 Å². The number of hydrogen-bond donors (Lipinski definition) is 0. The van der Waals surface area contributed by atoms with E-state index in [1.54, 1.807) is 36.2 Å². The number of nitrogens with zero attached hydrogens (tertiary/aromatic N) is 2. The van der Waals surface area contributed by atoms with Gasteiger partial charge in [0.1, 0.15) is 11.9 Å². The molecule has 1 atom stereocenters. The molecule has 0 bridgehead atoms. The quantitative estimate of drug-likeness (QED) is 0.681. The van der Waals surface area contributed by atoms with Gasteiger partial charge in [0.25, 0.3) is 5.91 Å². The molecule has 3 aromatic rings. The molecule has 2 aromatic carbocycles. The van der Waals surface area contributed by atoms with Crippen molar-refractivity contribution in [3.05, 3.63) is 95.2 Å². The van der Waals surface area contributed by atoms with Crippen LogP contribution in [-0.2, 0) is 24.3 Å². The summed E-state index contributed by atoms with van der Waals surface area (Å²) in [7, 11) is 1.67. The average molecular weight is 392 g/mol. The number of halogens is 1. The number of fused-ring (bicyclic) bond motifs is 1. The van der Waals surface area contributed by atoms with E-state index in [-0.39, 0.29) is 29.9 Å². The van der Waals surface area contributed by atoms with E-state index < -0.39 is 6.04 Å². The summed E-state index contributed by atoms with van der Waals surface area (Å²) in [6.07, 6.45) is 1.87. The molecule has 0 radical (unpaired) electrons. The standard InChI is InChI=1S/C23H21FN2O3/c1-25(14-16-6-4-9-19(24)12-16)22(27)20-13-17-7-2-3-8-18(17)15-26(20)23(28)21-10-5-11-29-21/h2-12,20H,13-15H2,1H3. The SMILES string of the molecule is CN(Cc1cccc(F)c1)C(=O)C1Cc2ccccc2CN1C(=O)c1ccco1. The topological polar surface area (TPSA) is 53.8 Å². The van der Waals surface area contributed by atoms with Crippen LogP contribution in [0.25, 0.3) is 0 Å². The third kappa shape index (κ3) is 3.92. The number of furan rings is 1. The molecule has 0 fully saturated rings. The van der Waals surface area contributed by atoms with Gasteiger partial charge < -0.3 is 14.2 Å². The molecule has 5 nitrogen and oxygen atoms in total. The predicted octanol–water partition coefficient (Wildman–Crippen LogP) is 3.64. The lowest BCUT2D eigenvalue weighted by atomic mass is 9.93. The summed E-state index contributed by atoms with van der Waals surface area (Å²) in [6, 6.07) is 16.6. The number of carbonyl (C=O) groups is 2. The van der Waals surface area contributed by atoms with Gasteiger partial charge in [-0.25, -0.2) is 4.39 Å². The number of likely N-dealkylation sites (N-methyl/N-ethyl adjacent to an activating group) is 1. The fraction of sp³-hybridized carbons (Fsp3) is 0.217. The van der Waals surface area contributed by atoms with Crippen LogP contribution in [0.15, 0.2) is 71.3 Å². The molecule has 2 amide bonds. The maximum absolute atomic E-state index is 13.5. The number of carbonyl (C=O) groups excluding carboxylic acids is 2. The molecule has 6 heteroatoms. The van der Waals surface area contributed by atoms with E-state index in [0.29, 0.717) is 18.5 Å². The van der Waals surface area contributed by atoms with Crippen molar-refractivity contribution in [1.29, 1.82) is 0 Å². The molecule has 1 unspecified atom stereocenters. The first kappa shape index (κ1) is 18.9. The first-order chi connectivity index (χ1) is 14.0. The van der Waals surface area contributed by atoms with Gasteiger partial charge in [-0.1, -0.05) is 36.4 Å². The number of hydrogen-bond acceptors (Lipinski definition) is 3. The third-order valence-electron chi connectivity index (χ3n) is 5.21. The van der Waals surface area contributed by atoms with Crippen molar-refractivity contribution >= 4 is 11.8 Å². The van der Waals surface area contributed by atoms with E-state index in [2.05, 4.69) is 0 Å². The van der Waals surface area contributed by atoms with Crippen LogP contribution in [0.2, 0.25) is 0 Å². The van der Waals surface area contributed by atoms with Crippen LogP contribution in [0.3, 0.4) is 0 Å². The monoisotopic (exact) mass is 392 g/mol. The van der Waals surface area contributed by atoms with Crippen molar-refractivity contribution in [1.82, 2.24) is 9.80 Å². The molecule has 2 heterocycles. The van der Waals surface area contributed by atoms with Gasteiger partial charge in [0.05, 0.1) is 6.26 Å². The fourth-order valence-corrected chi connectivity index (χ4v) is 3.74. The Morgan fingerprint density at radius 3 is 2.62 bits per heavy atom. The maximum atomic E-state index is 13.5. The molecule has 0 spiro atoms. The fourth-order valence-electron chi connectivity index (χ4n) is 3.74. The summed E-state index contributed by atoms with van der Waals surface area (Å²) in [6.45, 7) is 0.595. The molecule has 0 aliphatic carbocycles. The number of amides is 2. The van der Waals surface area contributed by atoms with Gasteiger partial charge in [0.15, 0.2) is 5.76 Å². The molecule has 1 aliphatic heterocycles. The minimum absolute atomic E-state index is 0.191. The largest absolute Gasteiger partial charge is 0.459 e. The van der Waals surface area contributed by atoms with Crippen molar-refractivity contribution < 1.29 is 18.4 Å². The van der Waals surface area contributed by atoms with Gasteiger partial charge >= 0.3 is 0 Å². The first-order valence-electron chi connectivity index (χ1n) is 9.43. The normalized spacial score (nSPS) is 15.7. The molecule has 1 aliphatic rings. The molecule has 1 aromatic heterocycles. The minimum atomic E-state index is -0.652. The number of rotatable bonds is 4. The highest BCUT2D eigenvalue weighted by Gasteiger charge is 2.37. The molecule has 0 N–H and O–H groups in total. The van der Waals surface area contributed by atoms with E-state index in [0.717, 1.165) is 11.1 Å². The first-order valence-corrected chi connectivity index (χ1v) is 9.43. The summed E-state index contributed by atoms with van der Waals surface area (Å²) in [5.74, 6) is -0.648. The Morgan fingerprint density at radius 1 is 1.10 bits per heavy atom. The third-order valence-corrected chi connectivity index (χ3v) is 5.21. The Labute approximate surface area is 168 Å². The van der Waals surface area contributed by atoms with E-state index in [4.69, 9.17) is 4.42 Å². The summed E-state index contributed by atoms with van der Waals surface area (Å²) in [4.78, 5) is 29.4. The summed E-state index contributed by atoms with van der Waals surface area (Å²) in [5, 5.41) is 0. The maximum Gasteiger partial charge on any atom is 0.290 e. The Hall–Kier alpha value is -3.41. The zero-order valence-corrected chi connectivity index (χ0v) is 16.0. The van der Waals surface area contributed by atoms with Gasteiger partial charge in [-0.05, 0) is 41.0 Å². The molecule has 4 rings (SSSR count). The van der Waals surface area contributed by atoms with Gasteiger partial charge in [-0.2, -0.15) is 0 Å². The lowest BCUT2D eigenvalue weighted by Gasteiger charge is -2.37. The Balaban J connectivity index is 1.61. The van der Waals surface area contributed by atoms with E-state index in [1.165, 1.54) is 23.3 Å². The smallest absolute Gasteiger partial charge is 0.290 e. The van der Waals surface area contributed by atoms with Gasteiger partial charge in [0.2, 0.25) is 5.91 Å². The highest BCUT2D eigenvalue weighted by molar-refractivity contribution is 5.96. The Kier molecular flexibility index (Phi) is 5.16. The molecule has 148 valence electrons. The van der Waals surface area contributed by atoms with E-state index in [1.807, 2.05) is 24.3 Å². The summed E-state index contributed by atoms with van der Waals surface area (Å²) >= 11 is 0. The molecular weight excluding hydrogens is 371 g/mol. The predicted molar refractivity (Wildman–Crippen MR) is 105 cm³/mol. The van der Waals surface area contributed by atoms with Crippen LogP contribution < -0.4 is 0 Å². The van der Waals surface area contributed by atoms with Crippen molar-refractivity contribution in [2.75, 3.05) is 7.05 Å². The zero-order chi connectivity index (χ0) is 20.4. The van der Waals surface area contributed by atoms with Crippen molar-refractivity contribution in [2.24, 2.45) is 0 Å². The second-order valence-corrected chi connectivity index (χ2v) is 7.22. The Morgan fingerprint density at radius 2 is 1.90 bits per heavy atom. The average Bonchev–Trinajstić information content (AvgIpc) is 3.26. The summed E-state index contributed by atoms with van der Waals surface area (Å²) < 4.78 is 18.8. The summed E-state index contributed by atoms with van der Waals surface area (Å²) in [5.41, 5.74) is 2.76. The van der Waals surface area contributed by atoms with Crippen LogP contribution in [0.5, 0.6) is 0 Å². The highest BCUT2D eigenvalue weighted by atomic mass is 19.1. The second-order valence-electron chi connectivity index (χ2n) is 7.22. The van der Waals surface area contributed by atoms with Crippen LogP contribution in [0.4, 0.5) is 4.39 Å². The van der Waals surface area contributed by atoms with E-state index in [9.17, 15) is 14.0 Å².